The van der Waals surface area contributed by atoms with Gasteiger partial charge in [0.05, 0.1) is 19.8 Å². The minimum atomic E-state index is 0.354. The van der Waals surface area contributed by atoms with Crippen molar-refractivity contribution in [1.29, 1.82) is 0 Å². The van der Waals surface area contributed by atoms with Gasteiger partial charge >= 0.3 is 0 Å². The molecular formula is C11H14N2O4S. The molecule has 0 aromatic carbocycles. The normalized spacial score (nSPS) is 10.9. The van der Waals surface area contributed by atoms with Gasteiger partial charge in [0.25, 0.3) is 0 Å². The summed E-state index contributed by atoms with van der Waals surface area (Å²) in [5.41, 5.74) is 0.433. The number of rotatable bonds is 8. The van der Waals surface area contributed by atoms with Crippen molar-refractivity contribution in [2.24, 2.45) is 0 Å². The molecule has 98 valence electrons. The van der Waals surface area contributed by atoms with Crippen LogP contribution in [-0.2, 0) is 9.47 Å². The summed E-state index contributed by atoms with van der Waals surface area (Å²) in [6.07, 6.45) is 2.53. The Morgan fingerprint density at radius 3 is 3.00 bits per heavy atom. The van der Waals surface area contributed by atoms with Crippen LogP contribution in [0.2, 0.25) is 0 Å². The van der Waals surface area contributed by atoms with Gasteiger partial charge in [-0.3, -0.25) is 9.20 Å². The lowest BCUT2D eigenvalue weighted by atomic mass is 10.5. The Morgan fingerprint density at radius 2 is 2.22 bits per heavy atom. The summed E-state index contributed by atoms with van der Waals surface area (Å²) in [7, 11) is 1.62. The van der Waals surface area contributed by atoms with Crippen molar-refractivity contribution in [2.45, 2.75) is 0 Å². The van der Waals surface area contributed by atoms with Crippen LogP contribution in [0.1, 0.15) is 10.5 Å². The number of methoxy groups -OCH3 is 1. The van der Waals surface area contributed by atoms with E-state index in [1.54, 1.807) is 17.7 Å². The number of aromatic nitrogens is 2. The van der Waals surface area contributed by atoms with Gasteiger partial charge in [-0.05, 0) is 0 Å². The highest BCUT2D eigenvalue weighted by Gasteiger charge is 2.13. The fraction of sp³-hybridized carbons (Fsp3) is 0.455. The van der Waals surface area contributed by atoms with Crippen LogP contribution in [0.5, 0.6) is 5.88 Å². The first-order valence-corrected chi connectivity index (χ1v) is 6.35. The van der Waals surface area contributed by atoms with Gasteiger partial charge in [-0.1, -0.05) is 0 Å². The molecule has 2 aromatic heterocycles. The molecular weight excluding hydrogens is 256 g/mol. The number of hydrogen-bond donors (Lipinski definition) is 0. The van der Waals surface area contributed by atoms with Gasteiger partial charge in [-0.25, -0.2) is 0 Å². The monoisotopic (exact) mass is 270 g/mol. The molecule has 0 unspecified atom stereocenters. The molecule has 0 spiro atoms. The number of ether oxygens (including phenoxy) is 3. The third-order valence-electron chi connectivity index (χ3n) is 2.28. The van der Waals surface area contributed by atoms with E-state index in [4.69, 9.17) is 14.2 Å². The third kappa shape index (κ3) is 2.87. The number of hydrogen-bond acceptors (Lipinski definition) is 6. The topological polar surface area (TPSA) is 62.1 Å². The predicted octanol–water partition coefficient (Wildman–Crippen LogP) is 1.25. The van der Waals surface area contributed by atoms with E-state index in [-0.39, 0.29) is 0 Å². The standard InChI is InChI=1S/C11H14N2O4S/c1-15-3-4-16-5-6-17-10-9(8-14)13-2-7-18-11(13)12-10/h2,7-8H,3-6H2,1H3. The second-order valence-corrected chi connectivity index (χ2v) is 4.30. The maximum Gasteiger partial charge on any atom is 0.244 e. The number of imidazole rings is 1. The molecule has 6 nitrogen and oxygen atoms in total. The van der Waals surface area contributed by atoms with Crippen molar-refractivity contribution < 1.29 is 19.0 Å². The van der Waals surface area contributed by atoms with Crippen molar-refractivity contribution in [3.05, 3.63) is 17.3 Å². The number of aldehydes is 1. The summed E-state index contributed by atoms with van der Waals surface area (Å²) in [5.74, 6) is 0.354. The summed E-state index contributed by atoms with van der Waals surface area (Å²) < 4.78 is 17.2. The second kappa shape index (κ2) is 6.48. The molecule has 0 aliphatic heterocycles. The van der Waals surface area contributed by atoms with E-state index in [0.29, 0.717) is 38.0 Å². The lowest BCUT2D eigenvalue weighted by molar-refractivity contribution is 0.0536. The van der Waals surface area contributed by atoms with Crippen LogP contribution in [-0.4, -0.2) is 49.2 Å². The van der Waals surface area contributed by atoms with Crippen LogP contribution in [0, 0.1) is 0 Å². The zero-order valence-electron chi connectivity index (χ0n) is 10.00. The molecule has 2 heterocycles. The van der Waals surface area contributed by atoms with E-state index in [9.17, 15) is 4.79 Å². The Bertz CT molecular complexity index is 508. The molecule has 7 heteroatoms. The van der Waals surface area contributed by atoms with E-state index in [2.05, 4.69) is 4.98 Å². The third-order valence-corrected chi connectivity index (χ3v) is 3.03. The number of nitrogens with zero attached hydrogens (tertiary/aromatic N) is 2. The quantitative estimate of drug-likeness (QED) is 0.533. The highest BCUT2D eigenvalue weighted by atomic mass is 32.1. The highest BCUT2D eigenvalue weighted by molar-refractivity contribution is 7.15. The zero-order valence-corrected chi connectivity index (χ0v) is 10.8. The number of thiazole rings is 1. The summed E-state index contributed by atoms with van der Waals surface area (Å²) in [6.45, 7) is 1.88. The average molecular weight is 270 g/mol. The molecule has 0 saturated heterocycles. The van der Waals surface area contributed by atoms with Gasteiger partial charge in [-0.2, -0.15) is 4.98 Å². The SMILES string of the molecule is COCCOCCOc1nc2sccn2c1C=O. The first-order valence-electron chi connectivity index (χ1n) is 5.47. The van der Waals surface area contributed by atoms with E-state index in [0.717, 1.165) is 11.2 Å². The van der Waals surface area contributed by atoms with Gasteiger partial charge in [0.2, 0.25) is 5.88 Å². The molecule has 0 amide bonds. The number of carbonyl (C=O) groups is 1. The largest absolute Gasteiger partial charge is 0.474 e. The van der Waals surface area contributed by atoms with E-state index >= 15 is 0 Å². The van der Waals surface area contributed by atoms with E-state index in [1.165, 1.54) is 11.3 Å². The Morgan fingerprint density at radius 1 is 1.39 bits per heavy atom. The molecule has 0 aliphatic rings. The van der Waals surface area contributed by atoms with Crippen molar-refractivity contribution >= 4 is 22.6 Å². The lowest BCUT2D eigenvalue weighted by Crippen LogP contribution is -2.10. The first-order chi connectivity index (χ1) is 8.86. The smallest absolute Gasteiger partial charge is 0.244 e. The molecule has 2 rings (SSSR count). The second-order valence-electron chi connectivity index (χ2n) is 3.43. The minimum absolute atomic E-state index is 0.354. The zero-order chi connectivity index (χ0) is 12.8. The Labute approximate surface area is 108 Å². The molecule has 0 aliphatic carbocycles. The Kier molecular flexibility index (Phi) is 4.68. The van der Waals surface area contributed by atoms with Crippen molar-refractivity contribution in [3.8, 4) is 5.88 Å². The van der Waals surface area contributed by atoms with E-state index in [1.807, 2.05) is 5.38 Å². The predicted molar refractivity (Wildman–Crippen MR) is 66.6 cm³/mol. The lowest BCUT2D eigenvalue weighted by Gasteiger charge is -2.04. The van der Waals surface area contributed by atoms with Gasteiger partial charge < -0.3 is 14.2 Å². The summed E-state index contributed by atoms with van der Waals surface area (Å²) in [5, 5.41) is 1.87. The van der Waals surface area contributed by atoms with Gasteiger partial charge in [0, 0.05) is 18.7 Å². The average Bonchev–Trinajstić information content (AvgIpc) is 2.93. The molecule has 2 aromatic rings. The van der Waals surface area contributed by atoms with Gasteiger partial charge in [-0.15, -0.1) is 11.3 Å². The van der Waals surface area contributed by atoms with Crippen LogP contribution in [0.25, 0.3) is 4.96 Å². The Hall–Kier alpha value is -1.44. The molecule has 0 N–H and O–H groups in total. The molecule has 18 heavy (non-hydrogen) atoms. The van der Waals surface area contributed by atoms with Crippen LogP contribution >= 0.6 is 11.3 Å². The highest BCUT2D eigenvalue weighted by Crippen LogP contribution is 2.21. The van der Waals surface area contributed by atoms with Crippen LogP contribution in [0.4, 0.5) is 0 Å². The van der Waals surface area contributed by atoms with Crippen LogP contribution in [0.15, 0.2) is 11.6 Å². The molecule has 0 saturated carbocycles. The van der Waals surface area contributed by atoms with Crippen LogP contribution < -0.4 is 4.74 Å². The molecule has 0 fully saturated rings. The summed E-state index contributed by atoms with van der Waals surface area (Å²) >= 11 is 1.45. The van der Waals surface area contributed by atoms with Gasteiger partial charge in [0.1, 0.15) is 6.61 Å². The summed E-state index contributed by atoms with van der Waals surface area (Å²) in [4.78, 5) is 16.0. The maximum atomic E-state index is 11.0. The van der Waals surface area contributed by atoms with Crippen molar-refractivity contribution in [2.75, 3.05) is 33.5 Å². The fourth-order valence-electron chi connectivity index (χ4n) is 1.44. The Balaban J connectivity index is 1.87. The number of fused-ring (bicyclic) bond motifs is 1. The van der Waals surface area contributed by atoms with Crippen LogP contribution in [0.3, 0.4) is 0 Å². The molecule has 0 atom stereocenters. The molecule has 0 bridgehead atoms. The molecule has 0 radical (unpaired) electrons. The maximum absolute atomic E-state index is 11.0. The van der Waals surface area contributed by atoms with Gasteiger partial charge in [0.15, 0.2) is 16.9 Å². The summed E-state index contributed by atoms with van der Waals surface area (Å²) in [6, 6.07) is 0. The first kappa shape index (κ1) is 13.0. The van der Waals surface area contributed by atoms with Crippen molar-refractivity contribution in [3.63, 3.8) is 0 Å². The van der Waals surface area contributed by atoms with Crippen molar-refractivity contribution in [1.82, 2.24) is 9.38 Å². The van der Waals surface area contributed by atoms with E-state index < -0.39 is 0 Å². The fourth-order valence-corrected chi connectivity index (χ4v) is 2.15. The number of carbonyl (C=O) groups excluding carboxylic acids is 1. The minimum Gasteiger partial charge on any atom is -0.474 e.